The molecule has 0 heterocycles. The SMILES string of the molecule is CC(C)CCCCCCCCCCCCCCCCCC(=O)OC[C@@H](COC(=O)CCCCCCCCCC(C)C)OC(=O)CCCCCCCCCCCCCCCCCC(C)C. The number of hydrogen-bond acceptors (Lipinski definition) is 6. The van der Waals surface area contributed by atoms with Crippen LogP contribution in [-0.2, 0) is 28.6 Å². The van der Waals surface area contributed by atoms with E-state index < -0.39 is 6.10 Å². The molecule has 0 aliphatic carbocycles. The summed E-state index contributed by atoms with van der Waals surface area (Å²) in [5, 5.41) is 0. The minimum absolute atomic E-state index is 0.0641. The number of carbonyl (C=O) groups excluding carboxylic acids is 3. The normalized spacial score (nSPS) is 12.1. The molecule has 0 radical (unpaired) electrons. The van der Waals surface area contributed by atoms with Gasteiger partial charge < -0.3 is 14.2 Å². The molecule has 1 atom stereocenters. The summed E-state index contributed by atoms with van der Waals surface area (Å²) in [5.74, 6) is 1.63. The molecule has 6 heteroatoms. The average molecular weight is 906 g/mol. The van der Waals surface area contributed by atoms with Crippen molar-refractivity contribution in [2.45, 2.75) is 324 Å². The van der Waals surface area contributed by atoms with E-state index in [1.54, 1.807) is 0 Å². The van der Waals surface area contributed by atoms with Crippen molar-refractivity contribution in [2.75, 3.05) is 13.2 Å². The van der Waals surface area contributed by atoms with Crippen molar-refractivity contribution in [1.82, 2.24) is 0 Å². The van der Waals surface area contributed by atoms with E-state index in [-0.39, 0.29) is 31.1 Å². The molecule has 0 aliphatic heterocycles. The van der Waals surface area contributed by atoms with Crippen LogP contribution in [0.2, 0.25) is 0 Å². The quantitative estimate of drug-likeness (QED) is 0.0344. The zero-order valence-corrected chi connectivity index (χ0v) is 44.1. The second-order valence-electron chi connectivity index (χ2n) is 21.4. The minimum Gasteiger partial charge on any atom is -0.462 e. The van der Waals surface area contributed by atoms with Gasteiger partial charge in [-0.2, -0.15) is 0 Å². The van der Waals surface area contributed by atoms with Crippen LogP contribution in [0.1, 0.15) is 318 Å². The van der Waals surface area contributed by atoms with E-state index in [1.807, 2.05) is 0 Å². The molecule has 0 aliphatic rings. The highest BCUT2D eigenvalue weighted by Crippen LogP contribution is 2.18. The Bertz CT molecular complexity index is 991. The minimum atomic E-state index is -0.763. The van der Waals surface area contributed by atoms with Gasteiger partial charge in [0.25, 0.3) is 0 Å². The summed E-state index contributed by atoms with van der Waals surface area (Å²) >= 11 is 0. The van der Waals surface area contributed by atoms with Gasteiger partial charge in [-0.1, -0.05) is 279 Å². The topological polar surface area (TPSA) is 78.9 Å². The monoisotopic (exact) mass is 905 g/mol. The maximum absolute atomic E-state index is 12.8. The Kier molecular flexibility index (Phi) is 48.1. The van der Waals surface area contributed by atoms with Crippen LogP contribution in [-0.4, -0.2) is 37.2 Å². The second-order valence-corrected chi connectivity index (χ2v) is 21.4. The first kappa shape index (κ1) is 62.4. The third kappa shape index (κ3) is 51.4. The van der Waals surface area contributed by atoms with Crippen molar-refractivity contribution in [3.63, 3.8) is 0 Å². The van der Waals surface area contributed by atoms with Crippen LogP contribution in [0.5, 0.6) is 0 Å². The van der Waals surface area contributed by atoms with Gasteiger partial charge in [-0.3, -0.25) is 14.4 Å². The molecular formula is C58H112O6. The fraction of sp³-hybridized carbons (Fsp3) is 0.948. The first-order valence-corrected chi connectivity index (χ1v) is 28.6. The fourth-order valence-electron chi connectivity index (χ4n) is 8.82. The van der Waals surface area contributed by atoms with Crippen molar-refractivity contribution < 1.29 is 28.6 Å². The predicted molar refractivity (Wildman–Crippen MR) is 275 cm³/mol. The lowest BCUT2D eigenvalue weighted by Gasteiger charge is -2.18. The Morgan fingerprint density at radius 1 is 0.266 bits per heavy atom. The van der Waals surface area contributed by atoms with Gasteiger partial charge in [0.2, 0.25) is 0 Å². The van der Waals surface area contributed by atoms with Gasteiger partial charge in [-0.25, -0.2) is 0 Å². The van der Waals surface area contributed by atoms with Crippen LogP contribution in [0.25, 0.3) is 0 Å². The van der Waals surface area contributed by atoms with Crippen LogP contribution in [0, 0.1) is 17.8 Å². The fourth-order valence-corrected chi connectivity index (χ4v) is 8.82. The summed E-state index contributed by atoms with van der Waals surface area (Å²) in [6.07, 6.45) is 51.1. The van der Waals surface area contributed by atoms with Gasteiger partial charge in [0.15, 0.2) is 6.10 Å². The average Bonchev–Trinajstić information content (AvgIpc) is 3.25. The van der Waals surface area contributed by atoms with E-state index in [0.717, 1.165) is 75.5 Å². The number of carbonyl (C=O) groups is 3. The number of rotatable bonds is 51. The Balaban J connectivity index is 4.24. The maximum atomic E-state index is 12.8. The molecule has 0 spiro atoms. The molecule has 0 saturated heterocycles. The van der Waals surface area contributed by atoms with Crippen molar-refractivity contribution in [1.29, 1.82) is 0 Å². The predicted octanol–water partition coefficient (Wildman–Crippen LogP) is 18.7. The number of unbranched alkanes of at least 4 members (excludes halogenated alkanes) is 34. The molecule has 0 amide bonds. The molecule has 6 nitrogen and oxygen atoms in total. The summed E-state index contributed by atoms with van der Waals surface area (Å²) in [5.41, 5.74) is 0. The Morgan fingerprint density at radius 3 is 0.672 bits per heavy atom. The molecule has 380 valence electrons. The zero-order chi connectivity index (χ0) is 47.0. The lowest BCUT2D eigenvalue weighted by atomic mass is 10.0. The van der Waals surface area contributed by atoms with Crippen molar-refractivity contribution >= 4 is 17.9 Å². The first-order valence-electron chi connectivity index (χ1n) is 28.6. The largest absolute Gasteiger partial charge is 0.462 e. The summed E-state index contributed by atoms with van der Waals surface area (Å²) in [7, 11) is 0. The van der Waals surface area contributed by atoms with E-state index >= 15 is 0 Å². The number of ether oxygens (including phenoxy) is 3. The molecule has 0 saturated carbocycles. The Labute approximate surface area is 399 Å². The molecule has 64 heavy (non-hydrogen) atoms. The van der Waals surface area contributed by atoms with Crippen molar-refractivity contribution in [3.05, 3.63) is 0 Å². The first-order chi connectivity index (χ1) is 31.1. The summed E-state index contributed by atoms with van der Waals surface area (Å²) in [6.45, 7) is 13.7. The van der Waals surface area contributed by atoms with Crippen molar-refractivity contribution in [3.8, 4) is 0 Å². The molecular weight excluding hydrogens is 793 g/mol. The summed E-state index contributed by atoms with van der Waals surface area (Å²) in [6, 6.07) is 0. The smallest absolute Gasteiger partial charge is 0.306 e. The highest BCUT2D eigenvalue weighted by Gasteiger charge is 2.19. The van der Waals surface area contributed by atoms with Crippen LogP contribution < -0.4 is 0 Å². The van der Waals surface area contributed by atoms with Gasteiger partial charge in [-0.15, -0.1) is 0 Å². The third-order valence-electron chi connectivity index (χ3n) is 13.1. The van der Waals surface area contributed by atoms with Crippen LogP contribution in [0.3, 0.4) is 0 Å². The van der Waals surface area contributed by atoms with Gasteiger partial charge >= 0.3 is 17.9 Å². The van der Waals surface area contributed by atoms with E-state index in [0.29, 0.717) is 19.3 Å². The lowest BCUT2D eigenvalue weighted by Crippen LogP contribution is -2.30. The molecule has 0 rings (SSSR count). The molecule has 0 N–H and O–H groups in total. The maximum Gasteiger partial charge on any atom is 0.306 e. The van der Waals surface area contributed by atoms with Gasteiger partial charge in [-0.05, 0) is 37.0 Å². The van der Waals surface area contributed by atoms with E-state index in [1.165, 1.54) is 199 Å². The van der Waals surface area contributed by atoms with Gasteiger partial charge in [0.1, 0.15) is 13.2 Å². The highest BCUT2D eigenvalue weighted by molar-refractivity contribution is 5.71. The van der Waals surface area contributed by atoms with Crippen molar-refractivity contribution in [2.24, 2.45) is 17.8 Å². The summed E-state index contributed by atoms with van der Waals surface area (Å²) < 4.78 is 16.9. The van der Waals surface area contributed by atoms with E-state index in [2.05, 4.69) is 41.5 Å². The molecule has 0 unspecified atom stereocenters. The molecule has 0 aromatic carbocycles. The molecule has 0 fully saturated rings. The molecule has 0 aromatic heterocycles. The van der Waals surface area contributed by atoms with Crippen LogP contribution in [0.4, 0.5) is 0 Å². The van der Waals surface area contributed by atoms with Crippen LogP contribution >= 0.6 is 0 Å². The number of esters is 3. The number of hydrogen-bond donors (Lipinski definition) is 0. The Hall–Kier alpha value is -1.59. The van der Waals surface area contributed by atoms with E-state index in [4.69, 9.17) is 14.2 Å². The zero-order valence-electron chi connectivity index (χ0n) is 44.1. The van der Waals surface area contributed by atoms with Crippen LogP contribution in [0.15, 0.2) is 0 Å². The van der Waals surface area contributed by atoms with Gasteiger partial charge in [0, 0.05) is 19.3 Å². The third-order valence-corrected chi connectivity index (χ3v) is 13.1. The standard InChI is InChI=1S/C58H112O6/c1-52(2)44-38-32-26-21-17-13-9-7-11-15-19-23-29-35-41-47-56(59)62-50-55(51-63-57(60)48-42-36-31-25-28-34-40-46-54(5)6)64-58(61)49-43-37-30-24-20-16-12-8-10-14-18-22-27-33-39-45-53(3)4/h52-55H,7-51H2,1-6H3/t55-/m0/s1. The highest BCUT2D eigenvalue weighted by atomic mass is 16.6. The van der Waals surface area contributed by atoms with Gasteiger partial charge in [0.05, 0.1) is 0 Å². The second kappa shape index (κ2) is 49.3. The van der Waals surface area contributed by atoms with E-state index in [9.17, 15) is 14.4 Å². The lowest BCUT2D eigenvalue weighted by molar-refractivity contribution is -0.167. The summed E-state index contributed by atoms with van der Waals surface area (Å²) in [4.78, 5) is 38.1. The molecule has 0 aromatic rings. The molecule has 0 bridgehead atoms. The Morgan fingerprint density at radius 2 is 0.453 bits per heavy atom.